The minimum absolute atomic E-state index is 0.0492. The van der Waals surface area contributed by atoms with E-state index in [4.69, 9.17) is 15.8 Å². The lowest BCUT2D eigenvalue weighted by Gasteiger charge is -2.17. The molecule has 0 bridgehead atoms. The SMILES string of the molecule is CC(=O)c1cc(Cl)ccc1OS(=O)(=O)c1ccc2c(c1)CCC(=O)N2. The van der Waals surface area contributed by atoms with E-state index >= 15 is 0 Å². The number of amides is 1. The Hall–Kier alpha value is -2.38. The fraction of sp³-hybridized carbons (Fsp3) is 0.176. The fourth-order valence-corrected chi connectivity index (χ4v) is 3.70. The van der Waals surface area contributed by atoms with Crippen molar-refractivity contribution in [3.8, 4) is 5.75 Å². The molecule has 25 heavy (non-hydrogen) atoms. The Morgan fingerprint density at radius 2 is 1.92 bits per heavy atom. The maximum atomic E-state index is 12.6. The maximum Gasteiger partial charge on any atom is 0.339 e. The number of halogens is 1. The van der Waals surface area contributed by atoms with E-state index in [1.165, 1.54) is 43.3 Å². The molecule has 1 N–H and O–H groups in total. The smallest absolute Gasteiger partial charge is 0.339 e. The molecule has 0 atom stereocenters. The van der Waals surface area contributed by atoms with Crippen molar-refractivity contribution in [1.82, 2.24) is 0 Å². The second-order valence-corrected chi connectivity index (χ2v) is 7.58. The number of carbonyl (C=O) groups is 2. The Morgan fingerprint density at radius 3 is 2.64 bits per heavy atom. The molecule has 0 aliphatic carbocycles. The molecule has 0 saturated carbocycles. The molecule has 1 aliphatic rings. The number of Topliss-reactive ketones (excluding diaryl/α,β-unsaturated/α-hetero) is 1. The van der Waals surface area contributed by atoms with E-state index < -0.39 is 10.1 Å². The van der Waals surface area contributed by atoms with Crippen LogP contribution in [0.25, 0.3) is 0 Å². The summed E-state index contributed by atoms with van der Waals surface area (Å²) in [5.74, 6) is -0.546. The van der Waals surface area contributed by atoms with Crippen molar-refractivity contribution in [3.05, 3.63) is 52.5 Å². The lowest BCUT2D eigenvalue weighted by atomic mass is 10.0. The molecule has 3 rings (SSSR count). The number of ketones is 1. The molecule has 0 spiro atoms. The molecule has 1 heterocycles. The molecule has 0 unspecified atom stereocenters. The van der Waals surface area contributed by atoms with Crippen LogP contribution in [0.5, 0.6) is 5.75 Å². The number of nitrogens with one attached hydrogen (secondary N) is 1. The first kappa shape index (κ1) is 17.4. The van der Waals surface area contributed by atoms with Crippen LogP contribution in [0.3, 0.4) is 0 Å². The number of aryl methyl sites for hydroxylation is 1. The molecule has 130 valence electrons. The van der Waals surface area contributed by atoms with E-state index in [-0.39, 0.29) is 27.9 Å². The zero-order valence-corrected chi connectivity index (χ0v) is 14.8. The van der Waals surface area contributed by atoms with Crippen LogP contribution in [0.2, 0.25) is 5.02 Å². The van der Waals surface area contributed by atoms with Gasteiger partial charge in [-0.1, -0.05) is 11.6 Å². The van der Waals surface area contributed by atoms with Gasteiger partial charge in [0.05, 0.1) is 5.56 Å². The van der Waals surface area contributed by atoms with Crippen LogP contribution in [0, 0.1) is 0 Å². The van der Waals surface area contributed by atoms with Gasteiger partial charge in [-0.25, -0.2) is 0 Å². The normalized spacial score (nSPS) is 13.8. The van der Waals surface area contributed by atoms with E-state index in [9.17, 15) is 18.0 Å². The molecule has 0 radical (unpaired) electrons. The Bertz CT molecular complexity index is 985. The van der Waals surface area contributed by atoms with Crippen molar-refractivity contribution in [2.24, 2.45) is 0 Å². The van der Waals surface area contributed by atoms with Crippen molar-refractivity contribution >= 4 is 39.1 Å². The highest BCUT2D eigenvalue weighted by atomic mass is 35.5. The molecule has 1 amide bonds. The van der Waals surface area contributed by atoms with Gasteiger partial charge < -0.3 is 9.50 Å². The lowest BCUT2D eigenvalue weighted by Crippen LogP contribution is -2.20. The Morgan fingerprint density at radius 1 is 1.16 bits per heavy atom. The molecule has 2 aromatic rings. The van der Waals surface area contributed by atoms with Crippen LogP contribution in [0.15, 0.2) is 41.3 Å². The predicted octanol–water partition coefficient (Wildman–Crippen LogP) is 3.20. The highest BCUT2D eigenvalue weighted by molar-refractivity contribution is 7.87. The Kier molecular flexibility index (Phi) is 4.53. The number of rotatable bonds is 4. The van der Waals surface area contributed by atoms with Gasteiger partial charge in [-0.05, 0) is 55.3 Å². The van der Waals surface area contributed by atoms with Gasteiger partial charge in [0.1, 0.15) is 4.90 Å². The second kappa shape index (κ2) is 6.50. The number of hydrogen-bond acceptors (Lipinski definition) is 5. The fourth-order valence-electron chi connectivity index (χ4n) is 2.53. The van der Waals surface area contributed by atoms with Gasteiger partial charge in [-0.2, -0.15) is 8.42 Å². The predicted molar refractivity (Wildman–Crippen MR) is 92.7 cm³/mol. The molecule has 0 aromatic heterocycles. The third kappa shape index (κ3) is 3.67. The highest BCUT2D eigenvalue weighted by Crippen LogP contribution is 2.29. The first-order valence-corrected chi connectivity index (χ1v) is 9.22. The lowest BCUT2D eigenvalue weighted by molar-refractivity contribution is -0.116. The Labute approximate surface area is 149 Å². The van der Waals surface area contributed by atoms with Gasteiger partial charge in [-0.15, -0.1) is 0 Å². The molecule has 1 aliphatic heterocycles. The van der Waals surface area contributed by atoms with Gasteiger partial charge in [0, 0.05) is 17.1 Å². The summed E-state index contributed by atoms with van der Waals surface area (Å²) in [6.07, 6.45) is 0.743. The third-order valence-electron chi connectivity index (χ3n) is 3.78. The summed E-state index contributed by atoms with van der Waals surface area (Å²) in [6, 6.07) is 8.49. The highest BCUT2D eigenvalue weighted by Gasteiger charge is 2.23. The van der Waals surface area contributed by atoms with Crippen molar-refractivity contribution < 1.29 is 22.2 Å². The van der Waals surface area contributed by atoms with E-state index in [0.717, 1.165) is 0 Å². The van der Waals surface area contributed by atoms with E-state index in [2.05, 4.69) is 5.32 Å². The monoisotopic (exact) mass is 379 g/mol. The zero-order valence-electron chi connectivity index (χ0n) is 13.2. The second-order valence-electron chi connectivity index (χ2n) is 5.60. The van der Waals surface area contributed by atoms with Gasteiger partial charge >= 0.3 is 10.1 Å². The van der Waals surface area contributed by atoms with Crippen molar-refractivity contribution in [2.75, 3.05) is 5.32 Å². The Balaban J connectivity index is 1.96. The summed E-state index contributed by atoms with van der Waals surface area (Å²) in [5, 5.41) is 2.99. The number of carbonyl (C=O) groups excluding carboxylic acids is 2. The van der Waals surface area contributed by atoms with Crippen LogP contribution in [-0.4, -0.2) is 20.1 Å². The van der Waals surface area contributed by atoms with Crippen LogP contribution in [-0.2, 0) is 21.3 Å². The quantitative estimate of drug-likeness (QED) is 0.650. The minimum atomic E-state index is -4.14. The summed E-state index contributed by atoms with van der Waals surface area (Å²) < 4.78 is 30.3. The van der Waals surface area contributed by atoms with Crippen LogP contribution in [0.1, 0.15) is 29.3 Å². The van der Waals surface area contributed by atoms with E-state index in [1.807, 2.05) is 0 Å². The molecular formula is C17H14ClNO5S. The molecule has 8 heteroatoms. The van der Waals surface area contributed by atoms with Gasteiger partial charge in [-0.3, -0.25) is 9.59 Å². The molecule has 2 aromatic carbocycles. The van der Waals surface area contributed by atoms with Crippen LogP contribution in [0.4, 0.5) is 5.69 Å². The first-order chi connectivity index (χ1) is 11.8. The van der Waals surface area contributed by atoms with Crippen LogP contribution >= 0.6 is 11.6 Å². The standard InChI is InChI=1S/C17H14ClNO5S/c1-10(20)14-9-12(18)3-6-16(14)24-25(22,23)13-4-5-15-11(8-13)2-7-17(21)19-15/h3-6,8-9H,2,7H2,1H3,(H,19,21). The number of anilines is 1. The minimum Gasteiger partial charge on any atom is -0.378 e. The molecule has 6 nitrogen and oxygen atoms in total. The summed E-state index contributed by atoms with van der Waals surface area (Å²) in [4.78, 5) is 23.0. The first-order valence-electron chi connectivity index (χ1n) is 7.44. The third-order valence-corrected chi connectivity index (χ3v) is 5.25. The molecule has 0 fully saturated rings. The average Bonchev–Trinajstić information content (AvgIpc) is 2.55. The van der Waals surface area contributed by atoms with Crippen molar-refractivity contribution in [2.45, 2.75) is 24.7 Å². The average molecular weight is 380 g/mol. The molecule has 0 saturated heterocycles. The van der Waals surface area contributed by atoms with Crippen LogP contribution < -0.4 is 9.50 Å². The summed E-state index contributed by atoms with van der Waals surface area (Å²) in [5.41, 5.74) is 1.39. The summed E-state index contributed by atoms with van der Waals surface area (Å²) in [6.45, 7) is 1.30. The zero-order chi connectivity index (χ0) is 18.2. The number of fused-ring (bicyclic) bond motifs is 1. The molecular weight excluding hydrogens is 366 g/mol. The van der Waals surface area contributed by atoms with Crippen molar-refractivity contribution in [3.63, 3.8) is 0 Å². The van der Waals surface area contributed by atoms with Crippen molar-refractivity contribution in [1.29, 1.82) is 0 Å². The van der Waals surface area contributed by atoms with E-state index in [0.29, 0.717) is 29.1 Å². The summed E-state index contributed by atoms with van der Waals surface area (Å²) in [7, 11) is -4.14. The van der Waals surface area contributed by atoms with Gasteiger partial charge in [0.25, 0.3) is 0 Å². The van der Waals surface area contributed by atoms with Gasteiger partial charge in [0.2, 0.25) is 5.91 Å². The van der Waals surface area contributed by atoms with E-state index in [1.54, 1.807) is 0 Å². The summed E-state index contributed by atoms with van der Waals surface area (Å²) >= 11 is 5.85. The number of hydrogen-bond donors (Lipinski definition) is 1. The van der Waals surface area contributed by atoms with Gasteiger partial charge in [0.15, 0.2) is 11.5 Å². The largest absolute Gasteiger partial charge is 0.378 e. The maximum absolute atomic E-state index is 12.6. The topological polar surface area (TPSA) is 89.5 Å². The number of benzene rings is 2.